The van der Waals surface area contributed by atoms with E-state index in [1.807, 2.05) is 0 Å². The normalized spacial score (nSPS) is 16.4. The Morgan fingerprint density at radius 2 is 2.12 bits per heavy atom. The van der Waals surface area contributed by atoms with Gasteiger partial charge < -0.3 is 4.74 Å². The molecular formula is C8H6N2O5S. The number of fused-ring (bicyclic) bond motifs is 1. The summed E-state index contributed by atoms with van der Waals surface area (Å²) in [6, 6.07) is 3.48. The van der Waals surface area contributed by atoms with E-state index in [1.165, 1.54) is 19.2 Å². The molecule has 2 rings (SSSR count). The van der Waals surface area contributed by atoms with E-state index in [-0.39, 0.29) is 22.0 Å². The van der Waals surface area contributed by atoms with Gasteiger partial charge in [-0.1, -0.05) is 0 Å². The summed E-state index contributed by atoms with van der Waals surface area (Å²) in [5.41, 5.74) is -0.0528. The van der Waals surface area contributed by atoms with Crippen molar-refractivity contribution in [3.8, 4) is 0 Å². The Hall–Kier alpha value is -1.96. The highest BCUT2D eigenvalue weighted by molar-refractivity contribution is 7.90. The average Bonchev–Trinajstić information content (AvgIpc) is 2.50. The van der Waals surface area contributed by atoms with Crippen LogP contribution in [0.25, 0.3) is 0 Å². The minimum Gasteiger partial charge on any atom is -0.480 e. The van der Waals surface area contributed by atoms with Crippen LogP contribution in [0.4, 0.5) is 5.69 Å². The number of sulfonamides is 1. The maximum atomic E-state index is 11.5. The van der Waals surface area contributed by atoms with Crippen LogP contribution in [0.3, 0.4) is 0 Å². The Balaban J connectivity index is 2.69. The molecule has 0 atom stereocenters. The lowest BCUT2D eigenvalue weighted by atomic mass is 10.2. The van der Waals surface area contributed by atoms with Crippen molar-refractivity contribution >= 4 is 21.6 Å². The van der Waals surface area contributed by atoms with E-state index in [0.29, 0.717) is 0 Å². The molecule has 84 valence electrons. The molecule has 16 heavy (non-hydrogen) atoms. The molecule has 0 saturated heterocycles. The number of nitro benzene ring substituents is 1. The monoisotopic (exact) mass is 242 g/mol. The van der Waals surface area contributed by atoms with Crippen LogP contribution < -0.4 is 0 Å². The number of methoxy groups -OCH3 is 1. The highest BCUT2D eigenvalue weighted by atomic mass is 32.2. The van der Waals surface area contributed by atoms with Gasteiger partial charge in [0, 0.05) is 12.1 Å². The van der Waals surface area contributed by atoms with E-state index in [4.69, 9.17) is 4.74 Å². The zero-order valence-corrected chi connectivity index (χ0v) is 8.89. The van der Waals surface area contributed by atoms with Gasteiger partial charge >= 0.3 is 0 Å². The summed E-state index contributed by atoms with van der Waals surface area (Å²) in [7, 11) is -2.58. The standard InChI is InChI=1S/C8H6N2O5S/c1-15-8-6-3-2-5(10(11)12)4-7(6)16(13,14)9-8/h2-4H,1H3. The Bertz CT molecular complexity index is 605. The zero-order chi connectivity index (χ0) is 11.9. The van der Waals surface area contributed by atoms with E-state index in [9.17, 15) is 18.5 Å². The van der Waals surface area contributed by atoms with Crippen molar-refractivity contribution < 1.29 is 18.1 Å². The van der Waals surface area contributed by atoms with Gasteiger partial charge in [0.25, 0.3) is 15.7 Å². The lowest BCUT2D eigenvalue weighted by molar-refractivity contribution is -0.385. The lowest BCUT2D eigenvalue weighted by Gasteiger charge is -1.99. The number of non-ortho nitro benzene ring substituents is 1. The Labute approximate surface area is 90.6 Å². The van der Waals surface area contributed by atoms with Crippen molar-refractivity contribution in [3.05, 3.63) is 33.9 Å². The topological polar surface area (TPSA) is 98.9 Å². The summed E-state index contributed by atoms with van der Waals surface area (Å²) in [4.78, 5) is 9.64. The van der Waals surface area contributed by atoms with Crippen molar-refractivity contribution in [3.63, 3.8) is 0 Å². The molecule has 1 heterocycles. The predicted octanol–water partition coefficient (Wildman–Crippen LogP) is 0.690. The maximum Gasteiger partial charge on any atom is 0.286 e. The van der Waals surface area contributed by atoms with Gasteiger partial charge in [0.05, 0.1) is 17.6 Å². The maximum absolute atomic E-state index is 11.5. The Morgan fingerprint density at radius 1 is 1.44 bits per heavy atom. The quantitative estimate of drug-likeness (QED) is 0.532. The van der Waals surface area contributed by atoms with Gasteiger partial charge in [0.2, 0.25) is 5.90 Å². The number of benzene rings is 1. The molecule has 0 aliphatic carbocycles. The summed E-state index contributed by atoms with van der Waals surface area (Å²) >= 11 is 0. The van der Waals surface area contributed by atoms with Gasteiger partial charge in [-0.2, -0.15) is 8.42 Å². The van der Waals surface area contributed by atoms with E-state index >= 15 is 0 Å². The molecule has 0 unspecified atom stereocenters. The van der Waals surface area contributed by atoms with E-state index in [2.05, 4.69) is 4.40 Å². The van der Waals surface area contributed by atoms with Crippen LogP contribution in [-0.4, -0.2) is 26.3 Å². The molecule has 7 nitrogen and oxygen atoms in total. The summed E-state index contributed by atoms with van der Waals surface area (Å²) in [6.07, 6.45) is 0. The first-order chi connectivity index (χ1) is 7.45. The van der Waals surface area contributed by atoms with Crippen LogP contribution in [0.15, 0.2) is 27.5 Å². The fourth-order valence-corrected chi connectivity index (χ4v) is 2.56. The van der Waals surface area contributed by atoms with Crippen molar-refractivity contribution in [2.45, 2.75) is 4.90 Å². The SMILES string of the molecule is COC1=NS(=O)(=O)c2cc([N+](=O)[O-])ccc21. The number of hydrogen-bond acceptors (Lipinski definition) is 5. The molecule has 8 heteroatoms. The molecule has 0 radical (unpaired) electrons. The number of rotatable bonds is 1. The van der Waals surface area contributed by atoms with Gasteiger partial charge in [-0.05, 0) is 6.07 Å². The Morgan fingerprint density at radius 3 is 2.69 bits per heavy atom. The van der Waals surface area contributed by atoms with Crippen molar-refractivity contribution in [1.29, 1.82) is 0 Å². The van der Waals surface area contributed by atoms with Crippen molar-refractivity contribution in [2.75, 3.05) is 7.11 Å². The average molecular weight is 242 g/mol. The highest BCUT2D eigenvalue weighted by Crippen LogP contribution is 2.29. The van der Waals surface area contributed by atoms with Gasteiger partial charge in [-0.15, -0.1) is 4.40 Å². The number of hydrogen-bond donors (Lipinski definition) is 0. The molecule has 1 aliphatic rings. The molecule has 1 aliphatic heterocycles. The first kappa shape index (κ1) is 10.6. The Kier molecular flexibility index (Phi) is 2.16. The molecule has 0 bridgehead atoms. The minimum absolute atomic E-state index is 0.0510. The second-order valence-electron chi connectivity index (χ2n) is 3.01. The molecule has 0 spiro atoms. The zero-order valence-electron chi connectivity index (χ0n) is 8.08. The smallest absolute Gasteiger partial charge is 0.286 e. The molecule has 0 saturated carbocycles. The molecule has 1 aromatic rings. The van der Waals surface area contributed by atoms with Gasteiger partial charge in [-0.25, -0.2) is 0 Å². The molecule has 0 aromatic heterocycles. The van der Waals surface area contributed by atoms with Crippen LogP contribution >= 0.6 is 0 Å². The van der Waals surface area contributed by atoms with Gasteiger partial charge in [0.15, 0.2) is 0 Å². The molecule has 0 fully saturated rings. The summed E-state index contributed by atoms with van der Waals surface area (Å²) in [5, 5.41) is 10.5. The number of nitro groups is 1. The summed E-state index contributed by atoms with van der Waals surface area (Å²) in [6.45, 7) is 0. The first-order valence-electron chi connectivity index (χ1n) is 4.13. The number of ether oxygens (including phenoxy) is 1. The van der Waals surface area contributed by atoms with Crippen LogP contribution in [0.5, 0.6) is 0 Å². The van der Waals surface area contributed by atoms with Crippen LogP contribution in [0.1, 0.15) is 5.56 Å². The third kappa shape index (κ3) is 1.43. The largest absolute Gasteiger partial charge is 0.480 e. The van der Waals surface area contributed by atoms with E-state index < -0.39 is 14.9 Å². The molecular weight excluding hydrogens is 236 g/mol. The van der Waals surface area contributed by atoms with E-state index in [1.54, 1.807) is 0 Å². The summed E-state index contributed by atoms with van der Waals surface area (Å²) < 4.78 is 31.1. The van der Waals surface area contributed by atoms with Crippen LogP contribution in [-0.2, 0) is 14.8 Å². The predicted molar refractivity (Wildman–Crippen MR) is 53.8 cm³/mol. The van der Waals surface area contributed by atoms with Gasteiger partial charge in [0.1, 0.15) is 4.90 Å². The van der Waals surface area contributed by atoms with Crippen LogP contribution in [0.2, 0.25) is 0 Å². The fraction of sp³-hybridized carbons (Fsp3) is 0.125. The third-order valence-electron chi connectivity index (χ3n) is 2.08. The van der Waals surface area contributed by atoms with Gasteiger partial charge in [-0.3, -0.25) is 10.1 Å². The van der Waals surface area contributed by atoms with Crippen molar-refractivity contribution in [1.82, 2.24) is 0 Å². The van der Waals surface area contributed by atoms with Crippen molar-refractivity contribution in [2.24, 2.45) is 4.40 Å². The highest BCUT2D eigenvalue weighted by Gasteiger charge is 2.31. The third-order valence-corrected chi connectivity index (χ3v) is 3.38. The summed E-state index contributed by atoms with van der Waals surface area (Å²) in [5.74, 6) is -0.0510. The second-order valence-corrected chi connectivity index (χ2v) is 4.59. The first-order valence-corrected chi connectivity index (χ1v) is 5.57. The second kappa shape index (κ2) is 3.27. The molecule has 0 N–H and O–H groups in total. The van der Waals surface area contributed by atoms with E-state index in [0.717, 1.165) is 6.07 Å². The lowest BCUT2D eigenvalue weighted by Crippen LogP contribution is -2.00. The minimum atomic E-state index is -3.86. The molecule has 0 amide bonds. The number of nitrogens with zero attached hydrogens (tertiary/aromatic N) is 2. The van der Waals surface area contributed by atoms with Crippen LogP contribution in [0, 0.1) is 10.1 Å². The molecule has 1 aromatic carbocycles. The fourth-order valence-electron chi connectivity index (χ4n) is 1.37.